The Morgan fingerprint density at radius 1 is 1.25 bits per heavy atom. The van der Waals surface area contributed by atoms with Crippen LogP contribution in [0.25, 0.3) is 0 Å². The highest BCUT2D eigenvalue weighted by molar-refractivity contribution is 5.28. The first-order valence-electron chi connectivity index (χ1n) is 6.15. The van der Waals surface area contributed by atoms with E-state index < -0.39 is 0 Å². The van der Waals surface area contributed by atoms with Crippen LogP contribution in [0.4, 0.5) is 5.95 Å². The lowest BCUT2D eigenvalue weighted by Crippen LogP contribution is -2.25. The fraction of sp³-hybridized carbons (Fsp3) is 0.769. The molecule has 0 unspecified atom stereocenters. The van der Waals surface area contributed by atoms with Gasteiger partial charge in [0.25, 0.3) is 0 Å². The second-order valence-corrected chi connectivity index (χ2v) is 5.35. The van der Waals surface area contributed by atoms with Crippen LogP contribution in [0.1, 0.15) is 33.4 Å². The molecule has 3 nitrogen and oxygen atoms in total. The van der Waals surface area contributed by atoms with Crippen molar-refractivity contribution in [3.05, 3.63) is 11.9 Å². The molecule has 0 aromatic carbocycles. The van der Waals surface area contributed by atoms with Crippen molar-refractivity contribution in [2.24, 2.45) is 24.8 Å². The smallest absolute Gasteiger partial charge is 0.202 e. The van der Waals surface area contributed by atoms with Crippen molar-refractivity contribution in [2.75, 3.05) is 11.9 Å². The molecule has 0 saturated carbocycles. The van der Waals surface area contributed by atoms with Crippen LogP contribution in [0, 0.1) is 24.7 Å². The molecule has 0 amide bonds. The summed E-state index contributed by atoms with van der Waals surface area (Å²) < 4.78 is 2.05. The molecule has 1 aromatic rings. The van der Waals surface area contributed by atoms with Crippen LogP contribution in [0.2, 0.25) is 0 Å². The van der Waals surface area contributed by atoms with Gasteiger partial charge in [-0.05, 0) is 24.7 Å². The van der Waals surface area contributed by atoms with Gasteiger partial charge in [0, 0.05) is 19.8 Å². The highest BCUT2D eigenvalue weighted by Gasteiger charge is 2.17. The number of rotatable bonds is 5. The van der Waals surface area contributed by atoms with Crippen molar-refractivity contribution >= 4 is 5.95 Å². The minimum Gasteiger partial charge on any atom is -0.355 e. The third-order valence-corrected chi connectivity index (χ3v) is 3.21. The van der Waals surface area contributed by atoms with Crippen LogP contribution < -0.4 is 5.32 Å². The molecule has 0 saturated heterocycles. The van der Waals surface area contributed by atoms with E-state index in [0.717, 1.165) is 18.2 Å². The van der Waals surface area contributed by atoms with Gasteiger partial charge in [0.05, 0.1) is 5.69 Å². The fourth-order valence-corrected chi connectivity index (χ4v) is 2.23. The number of anilines is 1. The first-order valence-corrected chi connectivity index (χ1v) is 6.15. The number of aromatic nitrogens is 2. The Kier molecular flexibility index (Phi) is 4.39. The maximum absolute atomic E-state index is 4.45. The molecule has 0 aliphatic heterocycles. The average molecular weight is 223 g/mol. The number of aryl methyl sites for hydroxylation is 2. The quantitative estimate of drug-likeness (QED) is 0.831. The van der Waals surface area contributed by atoms with E-state index in [9.17, 15) is 0 Å². The second kappa shape index (κ2) is 5.37. The molecule has 1 rings (SSSR count). The normalized spacial score (nSPS) is 11.8. The van der Waals surface area contributed by atoms with Crippen LogP contribution in [-0.4, -0.2) is 16.1 Å². The molecule has 3 heteroatoms. The van der Waals surface area contributed by atoms with Gasteiger partial charge in [-0.3, -0.25) is 0 Å². The first-order chi connectivity index (χ1) is 7.41. The van der Waals surface area contributed by atoms with Crippen molar-refractivity contribution in [3.8, 4) is 0 Å². The van der Waals surface area contributed by atoms with E-state index in [1.165, 1.54) is 0 Å². The molecule has 16 heavy (non-hydrogen) atoms. The largest absolute Gasteiger partial charge is 0.355 e. The van der Waals surface area contributed by atoms with Crippen LogP contribution in [0.3, 0.4) is 0 Å². The minimum absolute atomic E-state index is 0.692. The molecular weight excluding hydrogens is 198 g/mol. The molecule has 0 atom stereocenters. The maximum atomic E-state index is 4.45. The molecule has 0 aliphatic rings. The Morgan fingerprint density at radius 2 is 1.81 bits per heavy atom. The van der Waals surface area contributed by atoms with E-state index in [-0.39, 0.29) is 0 Å². The Morgan fingerprint density at radius 3 is 2.19 bits per heavy atom. The molecule has 0 radical (unpaired) electrons. The average Bonchev–Trinajstić information content (AvgIpc) is 2.44. The zero-order chi connectivity index (χ0) is 12.3. The summed E-state index contributed by atoms with van der Waals surface area (Å²) in [4.78, 5) is 4.45. The van der Waals surface area contributed by atoms with Crippen LogP contribution in [0.5, 0.6) is 0 Å². The summed E-state index contributed by atoms with van der Waals surface area (Å²) >= 11 is 0. The highest BCUT2D eigenvalue weighted by Crippen LogP contribution is 2.21. The number of hydrogen-bond acceptors (Lipinski definition) is 2. The van der Waals surface area contributed by atoms with E-state index in [1.54, 1.807) is 0 Å². The summed E-state index contributed by atoms with van der Waals surface area (Å²) in [5.41, 5.74) is 1.07. The Bertz CT molecular complexity index is 318. The van der Waals surface area contributed by atoms with Gasteiger partial charge in [-0.1, -0.05) is 27.7 Å². The third kappa shape index (κ3) is 3.26. The summed E-state index contributed by atoms with van der Waals surface area (Å²) in [5, 5.41) is 3.45. The van der Waals surface area contributed by atoms with Gasteiger partial charge < -0.3 is 9.88 Å². The summed E-state index contributed by atoms with van der Waals surface area (Å²) in [6.45, 7) is 12.2. The molecule has 0 fully saturated rings. The van der Waals surface area contributed by atoms with Gasteiger partial charge in [0.1, 0.15) is 0 Å². The number of nitrogens with one attached hydrogen (secondary N) is 1. The summed E-state index contributed by atoms with van der Waals surface area (Å²) in [6, 6.07) is 0. The van der Waals surface area contributed by atoms with Crippen molar-refractivity contribution in [1.29, 1.82) is 0 Å². The first kappa shape index (κ1) is 13.1. The van der Waals surface area contributed by atoms with Crippen molar-refractivity contribution in [2.45, 2.75) is 34.6 Å². The van der Waals surface area contributed by atoms with Crippen molar-refractivity contribution < 1.29 is 0 Å². The summed E-state index contributed by atoms with van der Waals surface area (Å²) in [7, 11) is 2.03. The summed E-state index contributed by atoms with van der Waals surface area (Å²) in [5.74, 6) is 3.07. The predicted molar refractivity (Wildman–Crippen MR) is 69.6 cm³/mol. The molecular formula is C13H25N3. The SMILES string of the molecule is Cc1cn(C)c(NCC(C(C)C)C(C)C)n1. The Labute approximate surface area is 99.3 Å². The lowest BCUT2D eigenvalue weighted by atomic mass is 9.85. The van der Waals surface area contributed by atoms with Gasteiger partial charge in [0.15, 0.2) is 0 Å². The fourth-order valence-electron chi connectivity index (χ4n) is 2.23. The van der Waals surface area contributed by atoms with E-state index in [4.69, 9.17) is 0 Å². The topological polar surface area (TPSA) is 29.9 Å². The van der Waals surface area contributed by atoms with Crippen molar-refractivity contribution in [1.82, 2.24) is 9.55 Å². The molecule has 0 bridgehead atoms. The molecule has 1 N–H and O–H groups in total. The van der Waals surface area contributed by atoms with Gasteiger partial charge >= 0.3 is 0 Å². The van der Waals surface area contributed by atoms with Crippen LogP contribution in [-0.2, 0) is 7.05 Å². The van der Waals surface area contributed by atoms with Crippen molar-refractivity contribution in [3.63, 3.8) is 0 Å². The van der Waals surface area contributed by atoms with E-state index >= 15 is 0 Å². The van der Waals surface area contributed by atoms with E-state index in [0.29, 0.717) is 17.8 Å². The van der Waals surface area contributed by atoms with Gasteiger partial charge in [-0.25, -0.2) is 4.98 Å². The molecule has 0 aliphatic carbocycles. The summed E-state index contributed by atoms with van der Waals surface area (Å²) in [6.07, 6.45) is 2.04. The molecule has 1 heterocycles. The second-order valence-electron chi connectivity index (χ2n) is 5.35. The van der Waals surface area contributed by atoms with E-state index in [2.05, 4.69) is 38.0 Å². The predicted octanol–water partition coefficient (Wildman–Crippen LogP) is 3.07. The van der Waals surface area contributed by atoms with Gasteiger partial charge in [0.2, 0.25) is 5.95 Å². The monoisotopic (exact) mass is 223 g/mol. The molecule has 92 valence electrons. The Balaban J connectivity index is 2.59. The van der Waals surface area contributed by atoms with Crippen LogP contribution in [0.15, 0.2) is 6.20 Å². The highest BCUT2D eigenvalue weighted by atomic mass is 15.2. The number of hydrogen-bond donors (Lipinski definition) is 1. The maximum Gasteiger partial charge on any atom is 0.202 e. The Hall–Kier alpha value is -0.990. The zero-order valence-electron chi connectivity index (χ0n) is 11.4. The number of imidazole rings is 1. The lowest BCUT2D eigenvalue weighted by molar-refractivity contribution is 0.304. The standard InChI is InChI=1S/C13H25N3/c1-9(2)12(10(3)4)7-14-13-15-11(5)8-16(13)6/h8-10,12H,7H2,1-6H3,(H,14,15). The third-order valence-electron chi connectivity index (χ3n) is 3.21. The van der Waals surface area contributed by atoms with Crippen LogP contribution >= 0.6 is 0 Å². The molecule has 0 spiro atoms. The zero-order valence-corrected chi connectivity index (χ0v) is 11.4. The number of nitrogens with zero attached hydrogens (tertiary/aromatic N) is 2. The van der Waals surface area contributed by atoms with E-state index in [1.807, 2.05) is 24.7 Å². The van der Waals surface area contributed by atoms with Gasteiger partial charge in [-0.2, -0.15) is 0 Å². The molecule has 1 aromatic heterocycles. The van der Waals surface area contributed by atoms with Gasteiger partial charge in [-0.15, -0.1) is 0 Å². The lowest BCUT2D eigenvalue weighted by Gasteiger charge is -2.25. The minimum atomic E-state index is 0.692.